The largest absolute Gasteiger partial charge is 0.378 e. The zero-order valence-corrected chi connectivity index (χ0v) is 13.4. The first kappa shape index (κ1) is 16.4. The summed E-state index contributed by atoms with van der Waals surface area (Å²) in [5.41, 5.74) is 1.25. The van der Waals surface area contributed by atoms with Crippen LogP contribution in [0.25, 0.3) is 0 Å². The molecule has 0 bridgehead atoms. The van der Waals surface area contributed by atoms with Crippen LogP contribution in [0.5, 0.6) is 0 Å². The number of morpholine rings is 1. The van der Waals surface area contributed by atoms with E-state index in [1.54, 1.807) is 12.1 Å². The first-order valence-electron chi connectivity index (χ1n) is 7.84. The van der Waals surface area contributed by atoms with Gasteiger partial charge < -0.3 is 10.1 Å². The Morgan fingerprint density at radius 3 is 2.67 bits per heavy atom. The molecule has 0 aliphatic carbocycles. The van der Waals surface area contributed by atoms with Crippen molar-refractivity contribution in [3.63, 3.8) is 0 Å². The number of hydrogen-bond donors (Lipinski definition) is 1. The van der Waals surface area contributed by atoms with Gasteiger partial charge in [-0.1, -0.05) is 19.1 Å². The van der Waals surface area contributed by atoms with Crippen molar-refractivity contribution in [1.29, 1.82) is 0 Å². The van der Waals surface area contributed by atoms with E-state index in [0.717, 1.165) is 44.8 Å². The molecule has 2 rings (SSSR count). The molecular weight excluding hydrogens is 267 g/mol. The van der Waals surface area contributed by atoms with Crippen LogP contribution in [0.2, 0.25) is 0 Å². The van der Waals surface area contributed by atoms with Gasteiger partial charge in [-0.3, -0.25) is 4.90 Å². The van der Waals surface area contributed by atoms with E-state index in [1.807, 2.05) is 12.1 Å². The topological polar surface area (TPSA) is 24.5 Å². The fourth-order valence-corrected chi connectivity index (χ4v) is 2.92. The molecule has 1 aromatic carbocycles. The van der Waals surface area contributed by atoms with Crippen LogP contribution >= 0.6 is 0 Å². The zero-order valence-electron chi connectivity index (χ0n) is 13.4. The molecule has 3 nitrogen and oxygen atoms in total. The number of benzene rings is 1. The molecule has 4 heteroatoms. The number of nitrogens with zero attached hydrogens (tertiary/aromatic N) is 1. The summed E-state index contributed by atoms with van der Waals surface area (Å²) in [6, 6.07) is 7.12. The van der Waals surface area contributed by atoms with Crippen molar-refractivity contribution in [2.75, 3.05) is 32.8 Å². The Labute approximate surface area is 127 Å². The lowest BCUT2D eigenvalue weighted by atomic mass is 9.99. The lowest BCUT2D eigenvalue weighted by Gasteiger charge is -2.42. The normalized spacial score (nSPS) is 20.4. The molecule has 1 saturated heterocycles. The molecule has 1 unspecified atom stereocenters. The first-order chi connectivity index (χ1) is 10.0. The summed E-state index contributed by atoms with van der Waals surface area (Å²) in [5.74, 6) is -0.177. The maximum Gasteiger partial charge on any atom is 0.123 e. The SMILES string of the molecule is CCNC(CCN1CCOCC1(C)C)c1ccc(F)cc1. The molecule has 0 saturated carbocycles. The maximum atomic E-state index is 13.1. The summed E-state index contributed by atoms with van der Waals surface area (Å²) in [7, 11) is 0. The fraction of sp³-hybridized carbons (Fsp3) is 0.647. The Bertz CT molecular complexity index is 433. The maximum absolute atomic E-state index is 13.1. The average molecular weight is 294 g/mol. The van der Waals surface area contributed by atoms with Crippen LogP contribution in [0, 0.1) is 5.82 Å². The molecule has 21 heavy (non-hydrogen) atoms. The summed E-state index contributed by atoms with van der Waals surface area (Å²) < 4.78 is 18.6. The Morgan fingerprint density at radius 2 is 2.05 bits per heavy atom. The second-order valence-corrected chi connectivity index (χ2v) is 6.30. The van der Waals surface area contributed by atoms with Crippen molar-refractivity contribution in [1.82, 2.24) is 10.2 Å². The molecule has 1 aromatic rings. The molecular formula is C17H27FN2O. The zero-order chi connectivity index (χ0) is 15.3. The standard InChI is InChI=1S/C17H27FN2O/c1-4-19-16(14-5-7-15(18)8-6-14)9-10-20-11-12-21-13-17(20,2)3/h5-8,16,19H,4,9-13H2,1-3H3. The highest BCUT2D eigenvalue weighted by atomic mass is 19.1. The van der Waals surface area contributed by atoms with E-state index in [-0.39, 0.29) is 17.4 Å². The highest BCUT2D eigenvalue weighted by molar-refractivity contribution is 5.20. The summed E-state index contributed by atoms with van der Waals surface area (Å²) in [4.78, 5) is 2.49. The molecule has 0 amide bonds. The quantitative estimate of drug-likeness (QED) is 0.873. The predicted octanol–water partition coefficient (Wildman–Crippen LogP) is 2.98. The minimum atomic E-state index is -0.177. The van der Waals surface area contributed by atoms with Crippen LogP contribution in [0.1, 0.15) is 38.8 Å². The van der Waals surface area contributed by atoms with E-state index in [1.165, 1.54) is 0 Å². The first-order valence-corrected chi connectivity index (χ1v) is 7.84. The minimum absolute atomic E-state index is 0.0951. The van der Waals surface area contributed by atoms with E-state index in [0.29, 0.717) is 0 Å². The van der Waals surface area contributed by atoms with Crippen molar-refractivity contribution in [3.05, 3.63) is 35.6 Å². The molecule has 0 aromatic heterocycles. The van der Waals surface area contributed by atoms with Gasteiger partial charge in [0.25, 0.3) is 0 Å². The number of rotatable bonds is 6. The van der Waals surface area contributed by atoms with E-state index in [4.69, 9.17) is 4.74 Å². The van der Waals surface area contributed by atoms with Gasteiger partial charge in [0.2, 0.25) is 0 Å². The Morgan fingerprint density at radius 1 is 1.33 bits per heavy atom. The molecule has 0 radical (unpaired) electrons. The molecule has 0 spiro atoms. The van der Waals surface area contributed by atoms with Crippen molar-refractivity contribution in [3.8, 4) is 0 Å². The van der Waals surface area contributed by atoms with Gasteiger partial charge in [0.05, 0.1) is 13.2 Å². The average Bonchev–Trinajstić information content (AvgIpc) is 2.45. The molecule has 1 aliphatic heterocycles. The molecule has 1 atom stereocenters. The van der Waals surface area contributed by atoms with Crippen LogP contribution < -0.4 is 5.32 Å². The lowest BCUT2D eigenvalue weighted by molar-refractivity contribution is -0.0521. The third kappa shape index (κ3) is 4.50. The number of hydrogen-bond acceptors (Lipinski definition) is 3. The number of ether oxygens (including phenoxy) is 1. The minimum Gasteiger partial charge on any atom is -0.378 e. The monoisotopic (exact) mass is 294 g/mol. The smallest absolute Gasteiger partial charge is 0.123 e. The highest BCUT2D eigenvalue weighted by Crippen LogP contribution is 2.23. The molecule has 1 heterocycles. The Balaban J connectivity index is 1.98. The molecule has 1 aliphatic rings. The van der Waals surface area contributed by atoms with Crippen LogP contribution in [0.15, 0.2) is 24.3 Å². The van der Waals surface area contributed by atoms with Gasteiger partial charge in [-0.25, -0.2) is 4.39 Å². The molecule has 118 valence electrons. The van der Waals surface area contributed by atoms with Crippen molar-refractivity contribution >= 4 is 0 Å². The van der Waals surface area contributed by atoms with Crippen LogP contribution in [0.4, 0.5) is 4.39 Å². The Kier molecular flexibility index (Phi) is 5.73. The third-order valence-electron chi connectivity index (χ3n) is 4.23. The Hall–Kier alpha value is -0.970. The van der Waals surface area contributed by atoms with Gasteiger partial charge in [-0.2, -0.15) is 0 Å². The summed E-state index contributed by atoms with van der Waals surface area (Å²) in [6.45, 7) is 11.1. The lowest BCUT2D eigenvalue weighted by Crippen LogP contribution is -2.53. The second-order valence-electron chi connectivity index (χ2n) is 6.30. The summed E-state index contributed by atoms with van der Waals surface area (Å²) in [5, 5.41) is 3.50. The fourth-order valence-electron chi connectivity index (χ4n) is 2.92. The van der Waals surface area contributed by atoms with Gasteiger partial charge in [0.15, 0.2) is 0 Å². The highest BCUT2D eigenvalue weighted by Gasteiger charge is 2.30. The van der Waals surface area contributed by atoms with Gasteiger partial charge >= 0.3 is 0 Å². The van der Waals surface area contributed by atoms with Gasteiger partial charge in [-0.15, -0.1) is 0 Å². The molecule has 1 N–H and O–H groups in total. The van der Waals surface area contributed by atoms with Crippen LogP contribution in [0.3, 0.4) is 0 Å². The van der Waals surface area contributed by atoms with E-state index < -0.39 is 0 Å². The summed E-state index contributed by atoms with van der Waals surface area (Å²) in [6.07, 6.45) is 1.02. The second kappa shape index (κ2) is 7.34. The predicted molar refractivity (Wildman–Crippen MR) is 83.9 cm³/mol. The summed E-state index contributed by atoms with van der Waals surface area (Å²) >= 11 is 0. The van der Waals surface area contributed by atoms with E-state index in [2.05, 4.69) is 31.0 Å². The van der Waals surface area contributed by atoms with E-state index >= 15 is 0 Å². The van der Waals surface area contributed by atoms with Crippen LogP contribution in [-0.4, -0.2) is 43.3 Å². The molecule has 1 fully saturated rings. The van der Waals surface area contributed by atoms with Gasteiger partial charge in [0, 0.05) is 24.7 Å². The number of halogens is 1. The van der Waals surface area contributed by atoms with Crippen LogP contribution in [-0.2, 0) is 4.74 Å². The van der Waals surface area contributed by atoms with Gasteiger partial charge in [0.1, 0.15) is 5.82 Å². The van der Waals surface area contributed by atoms with Gasteiger partial charge in [-0.05, 0) is 44.5 Å². The van der Waals surface area contributed by atoms with Crippen molar-refractivity contribution < 1.29 is 9.13 Å². The van der Waals surface area contributed by atoms with E-state index in [9.17, 15) is 4.39 Å². The van der Waals surface area contributed by atoms with Crippen molar-refractivity contribution in [2.45, 2.75) is 38.8 Å². The number of nitrogens with one attached hydrogen (secondary N) is 1. The third-order valence-corrected chi connectivity index (χ3v) is 4.23. The van der Waals surface area contributed by atoms with Crippen molar-refractivity contribution in [2.24, 2.45) is 0 Å².